The minimum Gasteiger partial charge on any atom is -0.460 e. The molecular formula is C80H97I6N5O22. The molecule has 0 unspecified atom stereocenters. The van der Waals surface area contributed by atoms with Gasteiger partial charge in [-0.15, -0.1) is 0 Å². The van der Waals surface area contributed by atoms with Crippen molar-refractivity contribution in [1.82, 2.24) is 4.90 Å². The fraction of sp³-hybridized carbons (Fsp3) is 0.525. The van der Waals surface area contributed by atoms with E-state index < -0.39 is 143 Å². The second-order valence-corrected chi connectivity index (χ2v) is 35.8. The first-order valence-electron chi connectivity index (χ1n) is 37.0. The van der Waals surface area contributed by atoms with Crippen molar-refractivity contribution in [3.05, 3.63) is 104 Å². The number of anilines is 4. The minimum absolute atomic E-state index is 0.0293. The number of benzene rings is 3. The topological polar surface area (TPSA) is 370 Å². The number of rotatable bonds is 16. The van der Waals surface area contributed by atoms with Crippen LogP contribution in [0.4, 0.5) is 22.7 Å². The highest BCUT2D eigenvalue weighted by Crippen LogP contribution is 2.44. The molecule has 2 bridgehead atoms. The zero-order valence-corrected chi connectivity index (χ0v) is 78.2. The number of carbonyl (C=O) groups excluding carboxylic acids is 12. The standard InChI is InChI=1S/C80H97I6N5O22/c1-37-20-16-15-17-21-38(2)56(106-12)35-50-25-23-43(7)80(105,113-50)74(99)75(100)91-27-19-18-22-53(91)77(102)112-57(36-54(96)39(3)29-42(6)72(98)73(108-14)71(97)41(5)28-37)40(4)30-48-24-26-55(58(31-48)107-13)111-76(101)49-32-51(109-78(103)59-61(81)67(87-44(8)92)65(85)68(62(59)82)88-45(9)93)34-52(33-49)110-79(104)60-63(83)69(89-46(10)94)66(86)70(64(60)84)90-47(11)95/h15-17,20-21,29,32-34,37,39-41,43,48,50,53,55-58,72-73,98,105H,18-19,22-28,30-31,35-36H2,1-14H3,(H,87,92)(H,88,93)(H,89,94)(H,90,95)/b17-15?,20-16+,38-21?,42-29+/t37-,39-,40-,41-,43-,48+,50+,53+,55-,56+,57+,58-,72-,73+,80-/m1/s1. The lowest BCUT2D eigenvalue weighted by Crippen LogP contribution is -2.61. The lowest BCUT2D eigenvalue weighted by molar-refractivity contribution is -0.265. The van der Waals surface area contributed by atoms with Crippen molar-refractivity contribution in [3.8, 4) is 11.5 Å². The van der Waals surface area contributed by atoms with Gasteiger partial charge in [-0.3, -0.25) is 38.4 Å². The lowest BCUT2D eigenvalue weighted by Gasteiger charge is -2.42. The van der Waals surface area contributed by atoms with E-state index in [1.165, 1.54) is 60.1 Å². The predicted octanol–water partition coefficient (Wildman–Crippen LogP) is 13.9. The van der Waals surface area contributed by atoms with Crippen molar-refractivity contribution >= 4 is 229 Å². The maximum atomic E-state index is 15.0. The Morgan fingerprint density at radius 1 is 0.628 bits per heavy atom. The Bertz CT molecular complexity index is 4080. The third kappa shape index (κ3) is 24.6. The highest BCUT2D eigenvalue weighted by atomic mass is 127. The second kappa shape index (κ2) is 43.1. The molecule has 3 heterocycles. The Morgan fingerprint density at radius 2 is 1.17 bits per heavy atom. The number of carbonyl (C=O) groups is 12. The van der Waals surface area contributed by atoms with E-state index in [0.717, 1.165) is 10.5 Å². The van der Waals surface area contributed by atoms with Crippen molar-refractivity contribution in [2.45, 2.75) is 208 Å². The number of amides is 5. The molecule has 6 N–H and O–H groups in total. The van der Waals surface area contributed by atoms with Crippen molar-refractivity contribution in [3.63, 3.8) is 0 Å². The van der Waals surface area contributed by atoms with Gasteiger partial charge in [-0.1, -0.05) is 71.1 Å². The van der Waals surface area contributed by atoms with Gasteiger partial charge in [-0.25, -0.2) is 19.2 Å². The van der Waals surface area contributed by atoms with Crippen molar-refractivity contribution in [2.24, 2.45) is 35.5 Å². The monoisotopic (exact) mass is 2240 g/mol. The summed E-state index contributed by atoms with van der Waals surface area (Å²) in [5, 5.41) is 34.8. The molecule has 3 aromatic carbocycles. The number of Topliss-reactive ketones (excluding diaryl/α,β-unsaturated/α-hetero) is 3. The van der Waals surface area contributed by atoms with E-state index in [1.807, 2.05) is 187 Å². The molecule has 3 fully saturated rings. The summed E-state index contributed by atoms with van der Waals surface area (Å²) in [6, 6.07) is 2.25. The summed E-state index contributed by atoms with van der Waals surface area (Å²) < 4.78 is 50.4. The first-order chi connectivity index (χ1) is 53.2. The molecule has 0 spiro atoms. The van der Waals surface area contributed by atoms with Crippen LogP contribution in [0.2, 0.25) is 0 Å². The van der Waals surface area contributed by atoms with E-state index in [1.54, 1.807) is 40.9 Å². The number of ketones is 3. The molecule has 3 aromatic rings. The van der Waals surface area contributed by atoms with Crippen LogP contribution in [0.5, 0.6) is 11.5 Å². The molecule has 2 saturated heterocycles. The molecule has 4 aliphatic rings. The van der Waals surface area contributed by atoms with Crippen LogP contribution in [0.1, 0.15) is 184 Å². The maximum absolute atomic E-state index is 15.0. The number of methoxy groups -OCH3 is 3. The van der Waals surface area contributed by atoms with Gasteiger partial charge in [0, 0.05) is 92.2 Å². The largest absolute Gasteiger partial charge is 0.460 e. The lowest BCUT2D eigenvalue weighted by atomic mass is 9.78. The van der Waals surface area contributed by atoms with Crippen LogP contribution in [0.15, 0.2) is 65.8 Å². The molecule has 113 heavy (non-hydrogen) atoms. The summed E-state index contributed by atoms with van der Waals surface area (Å²) >= 11 is 11.3. The molecule has 27 nitrogen and oxygen atoms in total. The number of allylic oxidation sites excluding steroid dienone is 6. The predicted molar refractivity (Wildman–Crippen MR) is 471 cm³/mol. The van der Waals surface area contributed by atoms with E-state index in [4.69, 9.17) is 37.9 Å². The average molecular weight is 2240 g/mol. The van der Waals surface area contributed by atoms with Gasteiger partial charge in [-0.05, 0) is 255 Å². The van der Waals surface area contributed by atoms with Gasteiger partial charge < -0.3 is 74.3 Å². The molecular weight excluding hydrogens is 2140 g/mol. The highest BCUT2D eigenvalue weighted by Gasteiger charge is 2.53. The molecule has 7 rings (SSSR count). The summed E-state index contributed by atoms with van der Waals surface area (Å²) in [5.41, 5.74) is 1.42. The van der Waals surface area contributed by atoms with E-state index in [9.17, 15) is 67.7 Å². The quantitative estimate of drug-likeness (QED) is 0.0255. The first-order valence-corrected chi connectivity index (χ1v) is 43.4. The number of nitrogens with one attached hydrogen (secondary N) is 4. The van der Waals surface area contributed by atoms with Crippen molar-refractivity contribution in [1.29, 1.82) is 0 Å². The third-order valence-corrected chi connectivity index (χ3v) is 27.0. The summed E-state index contributed by atoms with van der Waals surface area (Å²) in [4.78, 5) is 169. The van der Waals surface area contributed by atoms with Crippen molar-refractivity contribution in [2.75, 3.05) is 49.1 Å². The molecule has 616 valence electrons. The fourth-order valence-electron chi connectivity index (χ4n) is 14.4. The third-order valence-electron chi connectivity index (χ3n) is 20.5. The maximum Gasteiger partial charge on any atom is 0.345 e. The Hall–Kier alpha value is -5.00. The Labute approximate surface area is 739 Å². The van der Waals surface area contributed by atoms with Gasteiger partial charge in [0.2, 0.25) is 29.4 Å². The van der Waals surface area contributed by atoms with Gasteiger partial charge >= 0.3 is 23.9 Å². The Kier molecular flexibility index (Phi) is 36.3. The Balaban J connectivity index is 1.21. The number of aliphatic hydroxyl groups excluding tert-OH is 1. The number of piperidine rings is 1. The van der Waals surface area contributed by atoms with Gasteiger partial charge in [0.05, 0.1) is 79.2 Å². The number of aliphatic hydroxyl groups is 2. The van der Waals surface area contributed by atoms with E-state index in [-0.39, 0.29) is 127 Å². The van der Waals surface area contributed by atoms with Gasteiger partial charge in [0.15, 0.2) is 5.78 Å². The van der Waals surface area contributed by atoms with Crippen LogP contribution < -0.4 is 30.7 Å². The molecule has 33 heteroatoms. The molecule has 5 amide bonds. The smallest absolute Gasteiger partial charge is 0.345 e. The Morgan fingerprint density at radius 3 is 1.67 bits per heavy atom. The van der Waals surface area contributed by atoms with Crippen LogP contribution in [-0.2, 0) is 71.6 Å². The van der Waals surface area contributed by atoms with E-state index in [2.05, 4.69) is 21.3 Å². The van der Waals surface area contributed by atoms with Crippen LogP contribution in [0.25, 0.3) is 0 Å². The van der Waals surface area contributed by atoms with Gasteiger partial charge in [0.1, 0.15) is 47.7 Å². The van der Waals surface area contributed by atoms with Crippen LogP contribution in [-0.4, -0.2) is 168 Å². The number of hydrogen-bond donors (Lipinski definition) is 6. The van der Waals surface area contributed by atoms with Crippen LogP contribution >= 0.6 is 136 Å². The minimum atomic E-state index is -2.55. The molecule has 1 saturated carbocycles. The summed E-state index contributed by atoms with van der Waals surface area (Å²) in [5.74, 6) is -15.3. The number of nitrogens with zero attached hydrogens (tertiary/aromatic N) is 1. The normalized spacial score (nSPS) is 27.1. The van der Waals surface area contributed by atoms with Crippen LogP contribution in [0, 0.1) is 56.9 Å². The molecule has 0 aromatic heterocycles. The average Bonchev–Trinajstić information content (AvgIpc) is 0.775. The second-order valence-electron chi connectivity index (χ2n) is 29.3. The van der Waals surface area contributed by atoms with Crippen molar-refractivity contribution < 1.29 is 106 Å². The fourth-order valence-corrected chi connectivity index (χ4v) is 22.7. The first kappa shape index (κ1) is 95.1. The van der Waals surface area contributed by atoms with Crippen LogP contribution in [0.3, 0.4) is 0 Å². The zero-order valence-electron chi connectivity index (χ0n) is 65.2. The summed E-state index contributed by atoms with van der Waals surface area (Å²) in [7, 11) is 4.32. The molecule has 3 aliphatic heterocycles. The SMILES string of the molecule is CO[C@H]1C[C@@H]2CC[C@@H](C)[C@@](O)(O2)C(=O)C(=O)N2CCCC[C@H]2C(=O)O[C@H]([C@H](C)C[C@@H]2CC[C@@H](OC(=O)c3cc(OC(=O)c4c(I)c(NC(C)=O)c(I)c(NC(C)=O)c4I)cc(OC(=O)c4c(I)c(NC(C)=O)c(I)c(NC(C)=O)c4I)c3)[C@H](OC)C2)CC(=O)[C@H](C)/C=C(\C)[C@@H](O)[C@@H](OC)C(=O)[C@H](C)C[C@H](C)/C=C/C=CC=C1C. The van der Waals surface area contributed by atoms with Gasteiger partial charge in [0.25, 0.3) is 11.7 Å². The van der Waals surface area contributed by atoms with Gasteiger partial charge in [-0.2, -0.15) is 0 Å². The van der Waals surface area contributed by atoms with E-state index >= 15 is 0 Å². The molecule has 1 aliphatic carbocycles. The summed E-state index contributed by atoms with van der Waals surface area (Å²) in [6.07, 6.45) is 7.38. The number of esters is 4. The number of fused-ring (bicyclic) bond motifs is 3. The summed E-state index contributed by atoms with van der Waals surface area (Å²) in [6.45, 7) is 17.3. The highest BCUT2D eigenvalue weighted by molar-refractivity contribution is 14.1. The zero-order chi connectivity index (χ0) is 83.9. The molecule has 0 radical (unpaired) electrons. The number of ether oxygens (including phenoxy) is 8. The number of hydrogen-bond acceptors (Lipinski definition) is 22. The molecule has 15 atom stereocenters. The number of cyclic esters (lactones) is 1. The van der Waals surface area contributed by atoms with E-state index in [0.29, 0.717) is 52.1 Å². The number of halogens is 6.